The predicted molar refractivity (Wildman–Crippen MR) is 56.1 cm³/mol. The van der Waals surface area contributed by atoms with Gasteiger partial charge < -0.3 is 16.0 Å². The minimum absolute atomic E-state index is 0.00419. The number of alkyl halides is 3. The summed E-state index contributed by atoms with van der Waals surface area (Å²) in [6, 6.07) is 3.27. The fraction of sp³-hybridized carbons (Fsp3) is 0.333. The third-order valence-corrected chi connectivity index (χ3v) is 2.03. The Morgan fingerprint density at radius 1 is 1.29 bits per heavy atom. The molecule has 8 heteroatoms. The van der Waals surface area contributed by atoms with Gasteiger partial charge in [-0.3, -0.25) is 0 Å². The number of rotatable bonds is 3. The molecule has 0 bridgehead atoms. The van der Waals surface area contributed by atoms with E-state index in [2.05, 4.69) is 20.3 Å². The predicted octanol–water partition coefficient (Wildman–Crippen LogP) is 1.19. The van der Waals surface area contributed by atoms with Crippen LogP contribution in [0.4, 0.5) is 19.0 Å². The molecule has 0 aliphatic heterocycles. The molecule has 0 aliphatic carbocycles. The molecule has 5 nitrogen and oxygen atoms in total. The second-order valence-electron chi connectivity index (χ2n) is 3.51. The molecule has 0 saturated carbocycles. The molecule has 2 rings (SSSR count). The number of pyridine rings is 1. The summed E-state index contributed by atoms with van der Waals surface area (Å²) in [7, 11) is 0. The van der Waals surface area contributed by atoms with Gasteiger partial charge in [0.2, 0.25) is 0 Å². The number of nitrogens with one attached hydrogen (secondary N) is 2. The van der Waals surface area contributed by atoms with Gasteiger partial charge in [0.1, 0.15) is 11.6 Å². The molecular weight excluding hydrogens is 235 g/mol. The zero-order chi connectivity index (χ0) is 12.5. The lowest BCUT2D eigenvalue weighted by atomic mass is 10.4. The first-order valence-electron chi connectivity index (χ1n) is 4.82. The van der Waals surface area contributed by atoms with Gasteiger partial charge in [-0.2, -0.15) is 13.2 Å². The van der Waals surface area contributed by atoms with E-state index in [4.69, 9.17) is 5.73 Å². The zero-order valence-electron chi connectivity index (χ0n) is 8.67. The highest BCUT2D eigenvalue weighted by Crippen LogP contribution is 2.13. The smallest absolute Gasteiger partial charge is 0.384 e. The second kappa shape index (κ2) is 4.21. The van der Waals surface area contributed by atoms with Gasteiger partial charge in [0.05, 0.1) is 18.6 Å². The summed E-state index contributed by atoms with van der Waals surface area (Å²) in [6.45, 7) is -1.06. The lowest BCUT2D eigenvalue weighted by Crippen LogP contribution is -2.28. The molecule has 0 saturated heterocycles. The van der Waals surface area contributed by atoms with Crippen LogP contribution in [-0.2, 0) is 6.54 Å². The standard InChI is InChI=1S/C9H10F3N5/c10-9(11,12)4-14-3-7-15-5-1-2-6(13)16-8(5)17-7/h1-2,14H,3-4H2,(H3,13,15,16,17). The highest BCUT2D eigenvalue weighted by Gasteiger charge is 2.26. The number of halogens is 3. The second-order valence-corrected chi connectivity index (χ2v) is 3.51. The third-order valence-electron chi connectivity index (χ3n) is 2.03. The average molecular weight is 245 g/mol. The van der Waals surface area contributed by atoms with Gasteiger partial charge in [0.15, 0.2) is 5.65 Å². The van der Waals surface area contributed by atoms with Crippen LogP contribution < -0.4 is 11.1 Å². The van der Waals surface area contributed by atoms with Crippen LogP contribution in [-0.4, -0.2) is 27.7 Å². The minimum atomic E-state index is -4.23. The fourth-order valence-corrected chi connectivity index (χ4v) is 1.36. The van der Waals surface area contributed by atoms with E-state index >= 15 is 0 Å². The van der Waals surface area contributed by atoms with Crippen LogP contribution in [0.1, 0.15) is 5.82 Å². The van der Waals surface area contributed by atoms with E-state index < -0.39 is 12.7 Å². The minimum Gasteiger partial charge on any atom is -0.384 e. The van der Waals surface area contributed by atoms with Crippen molar-refractivity contribution in [2.45, 2.75) is 12.7 Å². The Bertz CT molecular complexity index is 519. The normalized spacial score (nSPS) is 12.2. The quantitative estimate of drug-likeness (QED) is 0.758. The number of nitrogen functional groups attached to an aromatic ring is 1. The van der Waals surface area contributed by atoms with Crippen molar-refractivity contribution in [1.82, 2.24) is 20.3 Å². The topological polar surface area (TPSA) is 79.6 Å². The summed E-state index contributed by atoms with van der Waals surface area (Å²) in [5.74, 6) is 0.709. The summed E-state index contributed by atoms with van der Waals surface area (Å²) in [4.78, 5) is 10.8. The van der Waals surface area contributed by atoms with Crippen molar-refractivity contribution >= 4 is 17.0 Å². The number of aromatic nitrogens is 3. The van der Waals surface area contributed by atoms with Crippen LogP contribution in [0.3, 0.4) is 0 Å². The monoisotopic (exact) mass is 245 g/mol. The molecule has 0 aliphatic rings. The summed E-state index contributed by atoms with van der Waals surface area (Å²) in [5.41, 5.74) is 6.50. The van der Waals surface area contributed by atoms with Gasteiger partial charge in [0.25, 0.3) is 0 Å². The van der Waals surface area contributed by atoms with Gasteiger partial charge in [0, 0.05) is 0 Å². The van der Waals surface area contributed by atoms with Crippen molar-refractivity contribution in [2.24, 2.45) is 0 Å². The van der Waals surface area contributed by atoms with Gasteiger partial charge in [-0.15, -0.1) is 0 Å². The van der Waals surface area contributed by atoms with Crippen molar-refractivity contribution in [3.63, 3.8) is 0 Å². The Labute approximate surface area is 94.2 Å². The molecule has 0 spiro atoms. The van der Waals surface area contributed by atoms with Crippen LogP contribution in [0.15, 0.2) is 12.1 Å². The molecule has 0 aromatic carbocycles. The number of hydrogen-bond donors (Lipinski definition) is 3. The number of nitrogens with two attached hydrogens (primary N) is 1. The largest absolute Gasteiger partial charge is 0.401 e. The van der Waals surface area contributed by atoms with Crippen molar-refractivity contribution in [2.75, 3.05) is 12.3 Å². The number of imidazole rings is 1. The van der Waals surface area contributed by atoms with Crippen molar-refractivity contribution in [3.8, 4) is 0 Å². The number of fused-ring (bicyclic) bond motifs is 1. The molecule has 0 fully saturated rings. The third kappa shape index (κ3) is 3.06. The van der Waals surface area contributed by atoms with E-state index in [1.807, 2.05) is 0 Å². The van der Waals surface area contributed by atoms with Crippen LogP contribution in [0, 0.1) is 0 Å². The fourth-order valence-electron chi connectivity index (χ4n) is 1.36. The van der Waals surface area contributed by atoms with Gasteiger partial charge in [-0.25, -0.2) is 9.97 Å². The first-order valence-corrected chi connectivity index (χ1v) is 4.82. The van der Waals surface area contributed by atoms with E-state index in [9.17, 15) is 13.2 Å². The van der Waals surface area contributed by atoms with E-state index in [0.29, 0.717) is 22.8 Å². The Hall–Kier alpha value is -1.83. The molecule has 0 radical (unpaired) electrons. The zero-order valence-corrected chi connectivity index (χ0v) is 8.67. The average Bonchev–Trinajstić information content (AvgIpc) is 2.57. The van der Waals surface area contributed by atoms with E-state index in [1.165, 1.54) is 0 Å². The van der Waals surface area contributed by atoms with Crippen LogP contribution in [0.5, 0.6) is 0 Å². The molecular formula is C9H10F3N5. The van der Waals surface area contributed by atoms with Gasteiger partial charge >= 0.3 is 6.18 Å². The number of H-pyrrole nitrogens is 1. The highest BCUT2D eigenvalue weighted by atomic mass is 19.4. The maximum atomic E-state index is 11.9. The van der Waals surface area contributed by atoms with E-state index in [0.717, 1.165) is 0 Å². The molecule has 0 amide bonds. The molecule has 0 unspecified atom stereocenters. The Kier molecular flexibility index (Phi) is 2.88. The molecule has 0 atom stereocenters. The van der Waals surface area contributed by atoms with Crippen molar-refractivity contribution < 1.29 is 13.2 Å². The molecule has 17 heavy (non-hydrogen) atoms. The van der Waals surface area contributed by atoms with Gasteiger partial charge in [-0.05, 0) is 12.1 Å². The SMILES string of the molecule is Nc1ccc2[nH]c(CNCC(F)(F)F)nc2n1. The van der Waals surface area contributed by atoms with E-state index in [-0.39, 0.29) is 6.54 Å². The molecule has 2 aromatic heterocycles. The molecule has 2 heterocycles. The Morgan fingerprint density at radius 3 is 2.76 bits per heavy atom. The van der Waals surface area contributed by atoms with Gasteiger partial charge in [-0.1, -0.05) is 0 Å². The molecule has 4 N–H and O–H groups in total. The first-order chi connectivity index (χ1) is 7.94. The number of nitrogens with zero attached hydrogens (tertiary/aromatic N) is 2. The lowest BCUT2D eigenvalue weighted by molar-refractivity contribution is -0.125. The summed E-state index contributed by atoms with van der Waals surface area (Å²) >= 11 is 0. The maximum absolute atomic E-state index is 11.9. The summed E-state index contributed by atoms with van der Waals surface area (Å²) in [6.07, 6.45) is -4.23. The Morgan fingerprint density at radius 2 is 2.06 bits per heavy atom. The highest BCUT2D eigenvalue weighted by molar-refractivity contribution is 5.72. The van der Waals surface area contributed by atoms with Crippen molar-refractivity contribution in [1.29, 1.82) is 0 Å². The number of anilines is 1. The number of aromatic amines is 1. The number of hydrogen-bond acceptors (Lipinski definition) is 4. The lowest BCUT2D eigenvalue weighted by Gasteiger charge is -2.05. The molecule has 2 aromatic rings. The van der Waals surface area contributed by atoms with E-state index in [1.54, 1.807) is 12.1 Å². The van der Waals surface area contributed by atoms with Crippen LogP contribution in [0.25, 0.3) is 11.2 Å². The van der Waals surface area contributed by atoms with Crippen LogP contribution >= 0.6 is 0 Å². The first kappa shape index (κ1) is 11.6. The summed E-state index contributed by atoms with van der Waals surface area (Å²) < 4.78 is 35.7. The Balaban J connectivity index is 2.05. The molecule has 92 valence electrons. The van der Waals surface area contributed by atoms with Crippen molar-refractivity contribution in [3.05, 3.63) is 18.0 Å². The summed E-state index contributed by atoms with van der Waals surface area (Å²) in [5, 5.41) is 2.24. The van der Waals surface area contributed by atoms with Crippen LogP contribution in [0.2, 0.25) is 0 Å². The maximum Gasteiger partial charge on any atom is 0.401 e.